The summed E-state index contributed by atoms with van der Waals surface area (Å²) in [7, 11) is 0. The predicted molar refractivity (Wildman–Crippen MR) is 98.1 cm³/mol. The maximum atomic E-state index is 13.1. The minimum absolute atomic E-state index is 0.00145. The molecule has 0 radical (unpaired) electrons. The first-order chi connectivity index (χ1) is 13.0. The molecule has 2 aromatic rings. The molecule has 1 aliphatic rings. The van der Waals surface area contributed by atoms with Crippen LogP contribution in [0.25, 0.3) is 0 Å². The molecule has 144 valence electrons. The van der Waals surface area contributed by atoms with E-state index in [1.54, 1.807) is 36.9 Å². The summed E-state index contributed by atoms with van der Waals surface area (Å²) in [5.74, 6) is -0.839. The highest BCUT2D eigenvalue weighted by atomic mass is 19.1. The van der Waals surface area contributed by atoms with E-state index in [4.69, 9.17) is 4.74 Å². The molecule has 0 N–H and O–H groups in total. The van der Waals surface area contributed by atoms with Gasteiger partial charge in [0.1, 0.15) is 18.1 Å². The highest BCUT2D eigenvalue weighted by Gasteiger charge is 2.24. The van der Waals surface area contributed by atoms with Gasteiger partial charge in [0.15, 0.2) is 0 Å². The average Bonchev–Trinajstić information content (AvgIpc) is 3.03. The van der Waals surface area contributed by atoms with E-state index in [0.717, 1.165) is 5.69 Å². The summed E-state index contributed by atoms with van der Waals surface area (Å²) in [6.07, 6.45) is 0. The predicted octanol–water partition coefficient (Wildman–Crippen LogP) is 1.86. The van der Waals surface area contributed by atoms with E-state index < -0.39 is 5.97 Å². The molecule has 0 unspecified atom stereocenters. The largest absolute Gasteiger partial charge is 0.461 e. The van der Waals surface area contributed by atoms with Crippen molar-refractivity contribution in [3.05, 3.63) is 47.5 Å². The van der Waals surface area contributed by atoms with Crippen molar-refractivity contribution in [1.29, 1.82) is 0 Å². The lowest BCUT2D eigenvalue weighted by Gasteiger charge is -2.36. The molecule has 0 saturated carbocycles. The minimum atomic E-state index is -0.480. The quantitative estimate of drug-likeness (QED) is 0.748. The molecule has 1 aromatic heterocycles. The first-order valence-electron chi connectivity index (χ1n) is 8.97. The molecule has 27 heavy (non-hydrogen) atoms. The number of rotatable bonds is 5. The van der Waals surface area contributed by atoms with E-state index in [1.165, 1.54) is 16.8 Å². The lowest BCUT2D eigenvalue weighted by molar-refractivity contribution is -0.132. The SMILES string of the molecule is CCOC(=O)c1cc(C)nn1CC(=O)N1CCN(c2ccc(F)cc2)CC1. The van der Waals surface area contributed by atoms with Gasteiger partial charge in [0.25, 0.3) is 0 Å². The van der Waals surface area contributed by atoms with Gasteiger partial charge in [-0.25, -0.2) is 13.9 Å². The summed E-state index contributed by atoms with van der Waals surface area (Å²) in [5, 5.41) is 4.24. The fourth-order valence-corrected chi connectivity index (χ4v) is 3.13. The Balaban J connectivity index is 1.60. The Morgan fingerprint density at radius 3 is 2.44 bits per heavy atom. The van der Waals surface area contributed by atoms with Crippen molar-refractivity contribution < 1.29 is 18.7 Å². The summed E-state index contributed by atoms with van der Waals surface area (Å²) in [6, 6.07) is 7.97. The third-order valence-electron chi connectivity index (χ3n) is 4.50. The van der Waals surface area contributed by atoms with E-state index in [9.17, 15) is 14.0 Å². The number of halogens is 1. The lowest BCUT2D eigenvalue weighted by Crippen LogP contribution is -2.49. The van der Waals surface area contributed by atoms with Gasteiger partial charge in [-0.15, -0.1) is 0 Å². The fraction of sp³-hybridized carbons (Fsp3) is 0.421. The van der Waals surface area contributed by atoms with Crippen molar-refractivity contribution in [2.75, 3.05) is 37.7 Å². The first kappa shape index (κ1) is 18.9. The zero-order chi connectivity index (χ0) is 19.4. The number of carbonyl (C=O) groups is 2. The van der Waals surface area contributed by atoms with Crippen molar-refractivity contribution in [2.24, 2.45) is 0 Å². The molecule has 1 fully saturated rings. The average molecular weight is 374 g/mol. The van der Waals surface area contributed by atoms with Crippen molar-refractivity contribution in [3.63, 3.8) is 0 Å². The van der Waals surface area contributed by atoms with E-state index in [1.807, 2.05) is 0 Å². The van der Waals surface area contributed by atoms with Gasteiger partial charge in [-0.3, -0.25) is 4.79 Å². The molecule has 1 aliphatic heterocycles. The van der Waals surface area contributed by atoms with E-state index in [0.29, 0.717) is 31.9 Å². The number of benzene rings is 1. The Hall–Kier alpha value is -2.90. The topological polar surface area (TPSA) is 67.7 Å². The highest BCUT2D eigenvalue weighted by molar-refractivity contribution is 5.88. The van der Waals surface area contributed by atoms with E-state index >= 15 is 0 Å². The highest BCUT2D eigenvalue weighted by Crippen LogP contribution is 2.17. The second kappa shape index (κ2) is 8.20. The van der Waals surface area contributed by atoms with Gasteiger partial charge in [-0.1, -0.05) is 0 Å². The smallest absolute Gasteiger partial charge is 0.356 e. The lowest BCUT2D eigenvalue weighted by atomic mass is 10.2. The number of aromatic nitrogens is 2. The maximum Gasteiger partial charge on any atom is 0.356 e. The van der Waals surface area contributed by atoms with Crippen LogP contribution < -0.4 is 4.90 Å². The van der Waals surface area contributed by atoms with E-state index in [2.05, 4.69) is 10.00 Å². The number of piperazine rings is 1. The first-order valence-corrected chi connectivity index (χ1v) is 8.97. The Kier molecular flexibility index (Phi) is 5.73. The second-order valence-corrected chi connectivity index (χ2v) is 6.39. The third-order valence-corrected chi connectivity index (χ3v) is 4.50. The number of aryl methyl sites for hydroxylation is 1. The van der Waals surface area contributed by atoms with Crippen LogP contribution in [0.2, 0.25) is 0 Å². The fourth-order valence-electron chi connectivity index (χ4n) is 3.13. The van der Waals surface area contributed by atoms with Crippen molar-refractivity contribution >= 4 is 17.6 Å². The number of amides is 1. The number of esters is 1. The molecule has 0 aliphatic carbocycles. The molecule has 1 aromatic carbocycles. The Labute approximate surface area is 157 Å². The van der Waals surface area contributed by atoms with Crippen molar-refractivity contribution in [2.45, 2.75) is 20.4 Å². The summed E-state index contributed by atoms with van der Waals surface area (Å²) >= 11 is 0. The number of hydrogen-bond acceptors (Lipinski definition) is 5. The van der Waals surface area contributed by atoms with Crippen LogP contribution in [0.5, 0.6) is 0 Å². The Bertz CT molecular complexity index is 811. The number of carbonyl (C=O) groups excluding carboxylic acids is 2. The minimum Gasteiger partial charge on any atom is -0.461 e. The zero-order valence-electron chi connectivity index (χ0n) is 15.5. The molecule has 0 spiro atoms. The summed E-state index contributed by atoms with van der Waals surface area (Å²) in [4.78, 5) is 28.5. The van der Waals surface area contributed by atoms with Crippen LogP contribution >= 0.6 is 0 Å². The van der Waals surface area contributed by atoms with Crippen LogP contribution in [0.15, 0.2) is 30.3 Å². The van der Waals surface area contributed by atoms with Gasteiger partial charge in [0.05, 0.1) is 12.3 Å². The molecular weight excluding hydrogens is 351 g/mol. The van der Waals surface area contributed by atoms with Crippen LogP contribution in [-0.2, 0) is 16.1 Å². The standard InChI is InChI=1S/C19H23FN4O3/c1-3-27-19(26)17-12-14(2)21-24(17)13-18(25)23-10-8-22(9-11-23)16-6-4-15(20)5-7-16/h4-7,12H,3,8-11,13H2,1-2H3. The van der Waals surface area contributed by atoms with Gasteiger partial charge in [-0.2, -0.15) is 5.10 Å². The van der Waals surface area contributed by atoms with E-state index in [-0.39, 0.29) is 30.6 Å². The zero-order valence-corrected chi connectivity index (χ0v) is 15.5. The van der Waals surface area contributed by atoms with Crippen molar-refractivity contribution in [1.82, 2.24) is 14.7 Å². The van der Waals surface area contributed by atoms with Crippen LogP contribution in [0.1, 0.15) is 23.1 Å². The maximum absolute atomic E-state index is 13.1. The molecule has 2 heterocycles. The van der Waals surface area contributed by atoms with Gasteiger partial charge < -0.3 is 14.5 Å². The third kappa shape index (κ3) is 4.45. The molecule has 8 heteroatoms. The second-order valence-electron chi connectivity index (χ2n) is 6.39. The van der Waals surface area contributed by atoms with Gasteiger partial charge in [0, 0.05) is 31.9 Å². The molecule has 0 atom stereocenters. The molecule has 3 rings (SSSR count). The molecule has 7 nitrogen and oxygen atoms in total. The number of nitrogens with zero attached hydrogens (tertiary/aromatic N) is 4. The van der Waals surface area contributed by atoms with Crippen molar-refractivity contribution in [3.8, 4) is 0 Å². The summed E-state index contributed by atoms with van der Waals surface area (Å²) in [6.45, 7) is 6.22. The van der Waals surface area contributed by atoms with Crippen LogP contribution in [0.4, 0.5) is 10.1 Å². The monoisotopic (exact) mass is 374 g/mol. The van der Waals surface area contributed by atoms with Gasteiger partial charge >= 0.3 is 5.97 Å². The van der Waals surface area contributed by atoms with Gasteiger partial charge in [-0.05, 0) is 44.2 Å². The Morgan fingerprint density at radius 2 is 1.81 bits per heavy atom. The summed E-state index contributed by atoms with van der Waals surface area (Å²) in [5.41, 5.74) is 1.88. The molecule has 1 saturated heterocycles. The van der Waals surface area contributed by atoms with Crippen LogP contribution in [0.3, 0.4) is 0 Å². The number of hydrogen-bond donors (Lipinski definition) is 0. The normalized spacial score (nSPS) is 14.3. The van der Waals surface area contributed by atoms with Crippen LogP contribution in [-0.4, -0.2) is 59.3 Å². The molecule has 0 bridgehead atoms. The van der Waals surface area contributed by atoms with Gasteiger partial charge in [0.2, 0.25) is 5.91 Å². The molecular formula is C19H23FN4O3. The van der Waals surface area contributed by atoms with Crippen LogP contribution in [0, 0.1) is 12.7 Å². The number of ether oxygens (including phenoxy) is 1. The molecule has 1 amide bonds. The summed E-state index contributed by atoms with van der Waals surface area (Å²) < 4.78 is 19.5. The Morgan fingerprint density at radius 1 is 1.15 bits per heavy atom. The number of anilines is 1.